The van der Waals surface area contributed by atoms with E-state index in [1.54, 1.807) is 0 Å². The number of hydrogen-bond acceptors (Lipinski definition) is 2. The first-order valence-corrected chi connectivity index (χ1v) is 7.69. The quantitative estimate of drug-likeness (QED) is 0.649. The molecule has 3 atom stereocenters. The number of nitrogens with two attached hydrogens (primary N) is 1. The minimum Gasteiger partial charge on any atom is -0.271 e. The smallest absolute Gasteiger partial charge is 0.0441 e. The Balaban J connectivity index is 2.05. The van der Waals surface area contributed by atoms with E-state index < -0.39 is 0 Å². The van der Waals surface area contributed by atoms with Crippen LogP contribution < -0.4 is 11.3 Å². The number of rotatable bonds is 4. The average molecular weight is 281 g/mol. The summed E-state index contributed by atoms with van der Waals surface area (Å²) in [5.74, 6) is 7.28. The van der Waals surface area contributed by atoms with Crippen LogP contribution >= 0.6 is 11.6 Å². The molecule has 1 aliphatic rings. The number of halogens is 1. The Labute approximate surface area is 121 Å². The molecule has 0 aromatic heterocycles. The largest absolute Gasteiger partial charge is 0.271 e. The van der Waals surface area contributed by atoms with Gasteiger partial charge in [-0.25, -0.2) is 0 Å². The third-order valence-corrected chi connectivity index (χ3v) is 4.76. The predicted molar refractivity (Wildman–Crippen MR) is 82.1 cm³/mol. The molecule has 1 aromatic carbocycles. The van der Waals surface area contributed by atoms with Gasteiger partial charge in [-0.15, -0.1) is 0 Å². The molecule has 0 amide bonds. The van der Waals surface area contributed by atoms with Crippen LogP contribution in [0.4, 0.5) is 0 Å². The van der Waals surface area contributed by atoms with Gasteiger partial charge >= 0.3 is 0 Å². The maximum absolute atomic E-state index is 6.33. The highest BCUT2D eigenvalue weighted by molar-refractivity contribution is 6.31. The van der Waals surface area contributed by atoms with Crippen molar-refractivity contribution < 1.29 is 0 Å². The zero-order chi connectivity index (χ0) is 13.8. The lowest BCUT2D eigenvalue weighted by Gasteiger charge is -2.33. The van der Waals surface area contributed by atoms with E-state index in [4.69, 9.17) is 17.4 Å². The van der Waals surface area contributed by atoms with Gasteiger partial charge in [-0.2, -0.15) is 0 Å². The van der Waals surface area contributed by atoms with Crippen molar-refractivity contribution in [3.63, 3.8) is 0 Å². The standard InChI is InChI=1S/C16H25ClN2/c1-11-4-3-5-14(8-11)16(19-18)10-13-7-6-12(2)9-15(13)17/h6-7,9,11,14,16,19H,3-5,8,10,18H2,1-2H3. The molecule has 0 spiro atoms. The monoisotopic (exact) mass is 280 g/mol. The van der Waals surface area contributed by atoms with Crippen LogP contribution in [-0.2, 0) is 6.42 Å². The van der Waals surface area contributed by atoms with E-state index in [9.17, 15) is 0 Å². The van der Waals surface area contributed by atoms with Crippen molar-refractivity contribution >= 4 is 11.6 Å². The highest BCUT2D eigenvalue weighted by atomic mass is 35.5. The number of nitrogens with one attached hydrogen (secondary N) is 1. The van der Waals surface area contributed by atoms with Gasteiger partial charge in [0, 0.05) is 11.1 Å². The SMILES string of the molecule is Cc1ccc(CC(NN)C2CCCC(C)C2)c(Cl)c1. The van der Waals surface area contributed by atoms with Gasteiger partial charge in [0.2, 0.25) is 0 Å². The van der Waals surface area contributed by atoms with Crippen LogP contribution in [0.15, 0.2) is 18.2 Å². The summed E-state index contributed by atoms with van der Waals surface area (Å²) >= 11 is 6.33. The summed E-state index contributed by atoms with van der Waals surface area (Å²) in [7, 11) is 0. The van der Waals surface area contributed by atoms with E-state index in [1.165, 1.54) is 36.8 Å². The highest BCUT2D eigenvalue weighted by Gasteiger charge is 2.26. The molecule has 2 rings (SSSR count). The molecule has 106 valence electrons. The van der Waals surface area contributed by atoms with E-state index in [-0.39, 0.29) is 0 Å². The zero-order valence-electron chi connectivity index (χ0n) is 12.0. The van der Waals surface area contributed by atoms with Crippen molar-refractivity contribution in [3.05, 3.63) is 34.3 Å². The Morgan fingerprint density at radius 1 is 1.42 bits per heavy atom. The molecule has 3 N–H and O–H groups in total. The number of aryl methyl sites for hydroxylation is 1. The van der Waals surface area contributed by atoms with Crippen molar-refractivity contribution in [2.75, 3.05) is 0 Å². The molecule has 0 radical (unpaired) electrons. The summed E-state index contributed by atoms with van der Waals surface area (Å²) < 4.78 is 0. The van der Waals surface area contributed by atoms with Crippen LogP contribution in [0.2, 0.25) is 5.02 Å². The van der Waals surface area contributed by atoms with Gasteiger partial charge in [-0.05, 0) is 55.2 Å². The average Bonchev–Trinajstić information content (AvgIpc) is 2.38. The summed E-state index contributed by atoms with van der Waals surface area (Å²) in [6.07, 6.45) is 6.17. The minimum absolute atomic E-state index is 0.336. The van der Waals surface area contributed by atoms with Gasteiger partial charge in [0.05, 0.1) is 0 Å². The molecule has 0 aliphatic heterocycles. The van der Waals surface area contributed by atoms with Gasteiger partial charge in [-0.3, -0.25) is 11.3 Å². The lowest BCUT2D eigenvalue weighted by Crippen LogP contribution is -2.44. The van der Waals surface area contributed by atoms with Crippen molar-refractivity contribution in [1.82, 2.24) is 5.43 Å². The van der Waals surface area contributed by atoms with E-state index in [2.05, 4.69) is 31.4 Å². The van der Waals surface area contributed by atoms with Crippen LogP contribution in [0.3, 0.4) is 0 Å². The molecule has 0 saturated heterocycles. The second-order valence-electron chi connectivity index (χ2n) is 6.10. The normalized spacial score (nSPS) is 25.3. The molecule has 1 aromatic rings. The molecular formula is C16H25ClN2. The highest BCUT2D eigenvalue weighted by Crippen LogP contribution is 2.32. The molecule has 2 nitrogen and oxygen atoms in total. The zero-order valence-corrected chi connectivity index (χ0v) is 12.7. The Bertz CT molecular complexity index is 419. The molecule has 1 saturated carbocycles. The molecule has 1 aliphatic carbocycles. The van der Waals surface area contributed by atoms with Crippen LogP contribution in [0.5, 0.6) is 0 Å². The summed E-state index contributed by atoms with van der Waals surface area (Å²) in [6.45, 7) is 4.41. The van der Waals surface area contributed by atoms with E-state index in [1.807, 2.05) is 6.07 Å². The number of benzene rings is 1. The molecule has 3 unspecified atom stereocenters. The number of hydrazine groups is 1. The van der Waals surface area contributed by atoms with Crippen molar-refractivity contribution in [2.24, 2.45) is 17.7 Å². The Morgan fingerprint density at radius 3 is 2.84 bits per heavy atom. The Hall–Kier alpha value is -0.570. The summed E-state index contributed by atoms with van der Waals surface area (Å²) in [6, 6.07) is 6.63. The van der Waals surface area contributed by atoms with Crippen LogP contribution in [-0.4, -0.2) is 6.04 Å². The molecule has 19 heavy (non-hydrogen) atoms. The van der Waals surface area contributed by atoms with Gasteiger partial charge in [0.25, 0.3) is 0 Å². The molecule has 1 fully saturated rings. The van der Waals surface area contributed by atoms with Crippen molar-refractivity contribution in [3.8, 4) is 0 Å². The first kappa shape index (κ1) is 14.8. The van der Waals surface area contributed by atoms with Crippen LogP contribution in [0.1, 0.15) is 43.7 Å². The summed E-state index contributed by atoms with van der Waals surface area (Å²) in [4.78, 5) is 0. The Morgan fingerprint density at radius 2 is 2.21 bits per heavy atom. The topological polar surface area (TPSA) is 38.0 Å². The maximum atomic E-state index is 6.33. The molecule has 3 heteroatoms. The molecule has 0 heterocycles. The maximum Gasteiger partial charge on any atom is 0.0441 e. The van der Waals surface area contributed by atoms with E-state index in [0.717, 1.165) is 17.4 Å². The molecule has 0 bridgehead atoms. The van der Waals surface area contributed by atoms with Crippen LogP contribution in [0.25, 0.3) is 0 Å². The third-order valence-electron chi connectivity index (χ3n) is 4.41. The first-order valence-electron chi connectivity index (χ1n) is 7.31. The van der Waals surface area contributed by atoms with Crippen molar-refractivity contribution in [2.45, 2.75) is 52.0 Å². The van der Waals surface area contributed by atoms with E-state index >= 15 is 0 Å². The fourth-order valence-electron chi connectivity index (χ4n) is 3.26. The summed E-state index contributed by atoms with van der Waals surface area (Å²) in [5.41, 5.74) is 5.43. The van der Waals surface area contributed by atoms with Crippen molar-refractivity contribution in [1.29, 1.82) is 0 Å². The lowest BCUT2D eigenvalue weighted by molar-refractivity contribution is 0.222. The van der Waals surface area contributed by atoms with Gasteiger partial charge in [0.1, 0.15) is 0 Å². The second kappa shape index (κ2) is 6.74. The van der Waals surface area contributed by atoms with Gasteiger partial charge in [-0.1, -0.05) is 43.5 Å². The lowest BCUT2D eigenvalue weighted by atomic mass is 9.77. The minimum atomic E-state index is 0.336. The first-order chi connectivity index (χ1) is 9.10. The van der Waals surface area contributed by atoms with Gasteiger partial charge < -0.3 is 0 Å². The second-order valence-corrected chi connectivity index (χ2v) is 6.51. The predicted octanol–water partition coefficient (Wildman–Crippen LogP) is 3.85. The Kier molecular flexibility index (Phi) is 5.26. The van der Waals surface area contributed by atoms with E-state index in [0.29, 0.717) is 12.0 Å². The third kappa shape index (κ3) is 3.95. The van der Waals surface area contributed by atoms with Crippen LogP contribution in [0, 0.1) is 18.8 Å². The van der Waals surface area contributed by atoms with Gasteiger partial charge in [0.15, 0.2) is 0 Å². The number of hydrogen-bond donors (Lipinski definition) is 2. The fourth-order valence-corrected chi connectivity index (χ4v) is 3.58. The fraction of sp³-hybridized carbons (Fsp3) is 0.625. The summed E-state index contributed by atoms with van der Waals surface area (Å²) in [5, 5.41) is 0.865. The molecular weight excluding hydrogens is 256 g/mol.